The molecule has 5 nitrogen and oxygen atoms in total. The van der Waals surface area contributed by atoms with Crippen LogP contribution in [-0.2, 0) is 11.2 Å². The number of benzene rings is 1. The van der Waals surface area contributed by atoms with Crippen molar-refractivity contribution in [2.45, 2.75) is 43.6 Å². The number of carboxylic acid groups (broad SMARTS) is 1. The highest BCUT2D eigenvalue weighted by Gasteiger charge is 2.42. The summed E-state index contributed by atoms with van der Waals surface area (Å²) in [5.74, 6) is -1.38. The first-order valence-corrected chi connectivity index (χ1v) is 8.34. The maximum absolute atomic E-state index is 11.6. The van der Waals surface area contributed by atoms with E-state index < -0.39 is 17.5 Å². The van der Waals surface area contributed by atoms with Crippen LogP contribution in [0.5, 0.6) is 0 Å². The van der Waals surface area contributed by atoms with Crippen LogP contribution in [-0.4, -0.2) is 32.0 Å². The minimum absolute atomic E-state index is 0.163. The van der Waals surface area contributed by atoms with E-state index >= 15 is 0 Å². The molecule has 1 aromatic heterocycles. The SMILES string of the molecule is O=C(O)[C@@H]1CCC(O)(CCc2cccnn2)C[C@H]1c1ccccc1. The van der Waals surface area contributed by atoms with Gasteiger partial charge in [-0.25, -0.2) is 0 Å². The molecule has 1 fully saturated rings. The zero-order valence-electron chi connectivity index (χ0n) is 13.5. The van der Waals surface area contributed by atoms with E-state index in [1.165, 1.54) is 0 Å². The molecular weight excluding hydrogens is 304 g/mol. The predicted octanol–water partition coefficient (Wildman–Crippen LogP) is 2.81. The number of hydrogen-bond acceptors (Lipinski definition) is 4. The van der Waals surface area contributed by atoms with Gasteiger partial charge in [0.1, 0.15) is 0 Å². The number of rotatable bonds is 5. The van der Waals surface area contributed by atoms with Gasteiger partial charge in [0.25, 0.3) is 0 Å². The molecule has 2 N–H and O–H groups in total. The summed E-state index contributed by atoms with van der Waals surface area (Å²) in [6.07, 6.45) is 4.31. The van der Waals surface area contributed by atoms with Crippen LogP contribution in [0.2, 0.25) is 0 Å². The van der Waals surface area contributed by atoms with Gasteiger partial charge >= 0.3 is 5.97 Å². The number of aromatic nitrogens is 2. The molecule has 0 radical (unpaired) electrons. The van der Waals surface area contributed by atoms with Gasteiger partial charge < -0.3 is 10.2 Å². The number of aliphatic carboxylic acids is 1. The molecule has 1 heterocycles. The number of aryl methyl sites for hydroxylation is 1. The molecule has 0 spiro atoms. The van der Waals surface area contributed by atoms with Gasteiger partial charge in [0.15, 0.2) is 0 Å². The Balaban J connectivity index is 1.75. The molecule has 1 unspecified atom stereocenters. The Bertz CT molecular complexity index is 678. The summed E-state index contributed by atoms with van der Waals surface area (Å²) in [6.45, 7) is 0. The van der Waals surface area contributed by atoms with Crippen molar-refractivity contribution in [1.29, 1.82) is 0 Å². The topological polar surface area (TPSA) is 83.3 Å². The fraction of sp³-hybridized carbons (Fsp3) is 0.421. The number of aliphatic hydroxyl groups is 1. The molecule has 1 aliphatic rings. The van der Waals surface area contributed by atoms with Gasteiger partial charge in [0, 0.05) is 6.20 Å². The Morgan fingerprint density at radius 3 is 2.67 bits per heavy atom. The van der Waals surface area contributed by atoms with Gasteiger partial charge in [-0.05, 0) is 55.7 Å². The Kier molecular flexibility index (Phi) is 4.90. The summed E-state index contributed by atoms with van der Waals surface area (Å²) >= 11 is 0. The van der Waals surface area contributed by atoms with Crippen LogP contribution in [0, 0.1) is 5.92 Å². The molecule has 3 rings (SSSR count). The van der Waals surface area contributed by atoms with Crippen molar-refractivity contribution in [2.75, 3.05) is 0 Å². The Morgan fingerprint density at radius 1 is 1.21 bits per heavy atom. The van der Waals surface area contributed by atoms with Crippen molar-refractivity contribution in [2.24, 2.45) is 5.92 Å². The van der Waals surface area contributed by atoms with E-state index in [0.29, 0.717) is 32.1 Å². The largest absolute Gasteiger partial charge is 0.481 e. The van der Waals surface area contributed by atoms with Crippen LogP contribution >= 0.6 is 0 Å². The van der Waals surface area contributed by atoms with Crippen molar-refractivity contribution < 1.29 is 15.0 Å². The third-order valence-electron chi connectivity index (χ3n) is 5.03. The molecule has 1 aliphatic carbocycles. The fourth-order valence-corrected chi connectivity index (χ4v) is 3.68. The van der Waals surface area contributed by atoms with Crippen molar-refractivity contribution >= 4 is 5.97 Å². The van der Waals surface area contributed by atoms with Crippen molar-refractivity contribution in [3.05, 3.63) is 59.9 Å². The monoisotopic (exact) mass is 326 g/mol. The Morgan fingerprint density at radius 2 is 2.00 bits per heavy atom. The normalized spacial score (nSPS) is 26.9. The molecule has 0 saturated heterocycles. The van der Waals surface area contributed by atoms with Crippen LogP contribution in [0.25, 0.3) is 0 Å². The van der Waals surface area contributed by atoms with Crippen molar-refractivity contribution in [3.8, 4) is 0 Å². The third-order valence-corrected chi connectivity index (χ3v) is 5.03. The quantitative estimate of drug-likeness (QED) is 0.883. The van der Waals surface area contributed by atoms with Gasteiger partial charge in [-0.1, -0.05) is 30.3 Å². The second-order valence-electron chi connectivity index (χ2n) is 6.64. The van der Waals surface area contributed by atoms with Gasteiger partial charge in [0.05, 0.1) is 17.2 Å². The lowest BCUT2D eigenvalue weighted by Gasteiger charge is -2.40. The van der Waals surface area contributed by atoms with Crippen molar-refractivity contribution in [3.63, 3.8) is 0 Å². The molecule has 0 aliphatic heterocycles. The van der Waals surface area contributed by atoms with Crippen LogP contribution < -0.4 is 0 Å². The van der Waals surface area contributed by atoms with Gasteiger partial charge in [-0.3, -0.25) is 4.79 Å². The zero-order valence-corrected chi connectivity index (χ0v) is 13.5. The van der Waals surface area contributed by atoms with E-state index in [-0.39, 0.29) is 5.92 Å². The Hall–Kier alpha value is -2.27. The summed E-state index contributed by atoms with van der Waals surface area (Å²) < 4.78 is 0. The van der Waals surface area contributed by atoms with E-state index in [2.05, 4.69) is 10.2 Å². The zero-order chi connectivity index (χ0) is 17.0. The first-order valence-electron chi connectivity index (χ1n) is 8.34. The molecule has 5 heteroatoms. The summed E-state index contributed by atoms with van der Waals surface area (Å²) in [7, 11) is 0. The molecular formula is C19H22N2O3. The lowest BCUT2D eigenvalue weighted by molar-refractivity contribution is -0.146. The summed E-state index contributed by atoms with van der Waals surface area (Å²) in [6, 6.07) is 13.4. The molecule has 0 amide bonds. The van der Waals surface area contributed by atoms with Crippen LogP contribution in [0.15, 0.2) is 48.7 Å². The number of carbonyl (C=O) groups is 1. The highest BCUT2D eigenvalue weighted by atomic mass is 16.4. The number of nitrogens with zero attached hydrogens (tertiary/aromatic N) is 2. The highest BCUT2D eigenvalue weighted by molar-refractivity contribution is 5.71. The first kappa shape index (κ1) is 16.6. The summed E-state index contributed by atoms with van der Waals surface area (Å²) in [5.41, 5.74) is 0.981. The molecule has 3 atom stereocenters. The molecule has 126 valence electrons. The number of hydrogen-bond donors (Lipinski definition) is 2. The minimum atomic E-state index is -0.857. The van der Waals surface area contributed by atoms with E-state index in [1.807, 2.05) is 42.5 Å². The smallest absolute Gasteiger partial charge is 0.307 e. The standard InChI is InChI=1S/C19H22N2O3/c22-18(23)16-9-11-19(24,10-8-15-7-4-12-20-21-15)13-17(16)14-5-2-1-3-6-14/h1-7,12,16-17,24H,8-11,13H2,(H,22,23)/t16-,17+,19?/m1/s1. The van der Waals surface area contributed by atoms with Gasteiger partial charge in [-0.2, -0.15) is 10.2 Å². The predicted molar refractivity (Wildman–Crippen MR) is 89.5 cm³/mol. The first-order chi connectivity index (χ1) is 11.6. The third kappa shape index (κ3) is 3.79. The minimum Gasteiger partial charge on any atom is -0.481 e. The Labute approximate surface area is 141 Å². The number of carboxylic acids is 1. The second-order valence-corrected chi connectivity index (χ2v) is 6.64. The van der Waals surface area contributed by atoms with Crippen LogP contribution in [0.1, 0.15) is 42.9 Å². The lowest BCUT2D eigenvalue weighted by Crippen LogP contribution is -2.41. The molecule has 1 saturated carbocycles. The second kappa shape index (κ2) is 7.09. The summed E-state index contributed by atoms with van der Waals surface area (Å²) in [5, 5.41) is 28.5. The van der Waals surface area contributed by atoms with E-state index in [0.717, 1.165) is 11.3 Å². The average Bonchev–Trinajstić information content (AvgIpc) is 2.61. The van der Waals surface area contributed by atoms with Crippen LogP contribution in [0.4, 0.5) is 0 Å². The van der Waals surface area contributed by atoms with E-state index in [9.17, 15) is 15.0 Å². The average molecular weight is 326 g/mol. The molecule has 24 heavy (non-hydrogen) atoms. The maximum atomic E-state index is 11.6. The van der Waals surface area contributed by atoms with E-state index in [4.69, 9.17) is 0 Å². The van der Waals surface area contributed by atoms with Crippen LogP contribution in [0.3, 0.4) is 0 Å². The van der Waals surface area contributed by atoms with Gasteiger partial charge in [0.2, 0.25) is 0 Å². The fourth-order valence-electron chi connectivity index (χ4n) is 3.68. The van der Waals surface area contributed by atoms with Gasteiger partial charge in [-0.15, -0.1) is 0 Å². The molecule has 0 bridgehead atoms. The molecule has 2 aromatic rings. The van der Waals surface area contributed by atoms with E-state index in [1.54, 1.807) is 6.20 Å². The maximum Gasteiger partial charge on any atom is 0.307 e. The lowest BCUT2D eigenvalue weighted by atomic mass is 9.67. The highest BCUT2D eigenvalue weighted by Crippen LogP contribution is 2.44. The summed E-state index contributed by atoms with van der Waals surface area (Å²) in [4.78, 5) is 11.6. The van der Waals surface area contributed by atoms with Crippen molar-refractivity contribution in [1.82, 2.24) is 10.2 Å². The molecule has 1 aromatic carbocycles.